The largest absolute Gasteiger partial charge is 0.481 e. The van der Waals surface area contributed by atoms with Crippen LogP contribution in [-0.2, 0) is 5.75 Å². The summed E-state index contributed by atoms with van der Waals surface area (Å²) in [5, 5.41) is 8.77. The summed E-state index contributed by atoms with van der Waals surface area (Å²) >= 11 is 0.972. The van der Waals surface area contributed by atoms with Crippen LogP contribution in [0.4, 0.5) is 13.2 Å². The van der Waals surface area contributed by atoms with Crippen molar-refractivity contribution in [3.05, 3.63) is 23.9 Å². The molecule has 1 rings (SSSR count). The van der Waals surface area contributed by atoms with Gasteiger partial charge in [0.2, 0.25) is 5.88 Å². The Kier molecular flexibility index (Phi) is 5.07. The van der Waals surface area contributed by atoms with Crippen molar-refractivity contribution in [2.24, 2.45) is 0 Å². The van der Waals surface area contributed by atoms with Crippen LogP contribution >= 0.6 is 11.8 Å². The number of hydrogen-bond acceptors (Lipinski definition) is 4. The molecular formula is C10H12F3NO2S. The van der Waals surface area contributed by atoms with Gasteiger partial charge in [-0.1, -0.05) is 6.07 Å². The number of ether oxygens (including phenoxy) is 1. The average molecular weight is 267 g/mol. The zero-order valence-electron chi connectivity index (χ0n) is 9.07. The van der Waals surface area contributed by atoms with Crippen LogP contribution in [-0.4, -0.2) is 35.2 Å². The Morgan fingerprint density at radius 1 is 1.47 bits per heavy atom. The van der Waals surface area contributed by atoms with Gasteiger partial charge in [0, 0.05) is 17.6 Å². The van der Waals surface area contributed by atoms with Crippen molar-refractivity contribution < 1.29 is 23.0 Å². The highest BCUT2D eigenvalue weighted by molar-refractivity contribution is 7.98. The molecule has 0 aliphatic rings. The smallest absolute Gasteiger partial charge is 0.415 e. The quantitative estimate of drug-likeness (QED) is 0.888. The molecule has 0 spiro atoms. The maximum atomic E-state index is 12.0. The van der Waals surface area contributed by atoms with Gasteiger partial charge in [-0.2, -0.15) is 24.9 Å². The summed E-state index contributed by atoms with van der Waals surface area (Å²) in [4.78, 5) is 4.04. The van der Waals surface area contributed by atoms with Gasteiger partial charge in [0.25, 0.3) is 0 Å². The van der Waals surface area contributed by atoms with Crippen molar-refractivity contribution in [3.63, 3.8) is 0 Å². The second-order valence-corrected chi connectivity index (χ2v) is 4.27. The molecule has 0 saturated carbocycles. The Balaban J connectivity index is 2.40. The number of thioether (sulfide) groups is 1. The monoisotopic (exact) mass is 267 g/mol. The lowest BCUT2D eigenvalue weighted by atomic mass is 10.4. The van der Waals surface area contributed by atoms with E-state index in [0.717, 1.165) is 11.8 Å². The molecule has 96 valence electrons. The van der Waals surface area contributed by atoms with Crippen molar-refractivity contribution in [3.8, 4) is 5.88 Å². The Hall–Kier alpha value is -0.950. The molecule has 0 aliphatic heterocycles. The number of aliphatic hydroxyl groups excluding tert-OH is 1. The normalized spacial score (nSPS) is 13.5. The van der Waals surface area contributed by atoms with Gasteiger partial charge >= 0.3 is 6.18 Å². The molecule has 17 heavy (non-hydrogen) atoms. The first kappa shape index (κ1) is 14.1. The molecule has 0 bridgehead atoms. The molecule has 1 N–H and O–H groups in total. The first-order chi connectivity index (χ1) is 7.93. The molecular weight excluding hydrogens is 255 g/mol. The number of pyridine rings is 1. The van der Waals surface area contributed by atoms with Crippen molar-refractivity contribution in [1.29, 1.82) is 0 Å². The van der Waals surface area contributed by atoms with E-state index in [0.29, 0.717) is 17.3 Å². The molecule has 0 amide bonds. The minimum Gasteiger partial charge on any atom is -0.481 e. The second kappa shape index (κ2) is 6.11. The lowest BCUT2D eigenvalue weighted by Crippen LogP contribution is -2.30. The number of alkyl halides is 3. The number of aliphatic hydroxyl groups is 1. The first-order valence-corrected chi connectivity index (χ1v) is 5.91. The van der Waals surface area contributed by atoms with Crippen LogP contribution in [0.2, 0.25) is 0 Å². The Morgan fingerprint density at radius 2 is 2.18 bits per heavy atom. The lowest BCUT2D eigenvalue weighted by molar-refractivity contribution is -0.195. The van der Waals surface area contributed by atoms with Crippen LogP contribution in [0, 0.1) is 0 Å². The third-order valence-electron chi connectivity index (χ3n) is 1.89. The van der Waals surface area contributed by atoms with Crippen LogP contribution in [0.15, 0.2) is 18.2 Å². The Labute approximate surface area is 101 Å². The number of nitrogens with zero attached hydrogens (tertiary/aromatic N) is 1. The minimum atomic E-state index is -4.56. The molecule has 1 atom stereocenters. The first-order valence-electron chi connectivity index (χ1n) is 4.76. The SMILES string of the molecule is COc1cccc(CSC[C@@H](O)C(F)(F)F)n1. The highest BCUT2D eigenvalue weighted by Gasteiger charge is 2.37. The number of methoxy groups -OCH3 is 1. The third-order valence-corrected chi connectivity index (χ3v) is 2.95. The van der Waals surface area contributed by atoms with Crippen LogP contribution in [0.25, 0.3) is 0 Å². The van der Waals surface area contributed by atoms with E-state index in [1.807, 2.05) is 0 Å². The highest BCUT2D eigenvalue weighted by Crippen LogP contribution is 2.24. The van der Waals surface area contributed by atoms with E-state index in [1.54, 1.807) is 18.2 Å². The molecule has 0 fully saturated rings. The fourth-order valence-corrected chi connectivity index (χ4v) is 1.92. The van der Waals surface area contributed by atoms with Crippen molar-refractivity contribution in [2.45, 2.75) is 18.0 Å². The molecule has 0 aliphatic carbocycles. The van der Waals surface area contributed by atoms with E-state index >= 15 is 0 Å². The van der Waals surface area contributed by atoms with Gasteiger partial charge in [0.1, 0.15) is 0 Å². The van der Waals surface area contributed by atoms with Crippen molar-refractivity contribution >= 4 is 11.8 Å². The minimum absolute atomic E-state index is 0.296. The standard InChI is InChI=1S/C10H12F3NO2S/c1-16-9-4-2-3-7(14-9)5-17-6-8(15)10(11,12)13/h2-4,8,15H,5-6H2,1H3/t8-/m1/s1. The van der Waals surface area contributed by atoms with E-state index in [4.69, 9.17) is 9.84 Å². The maximum absolute atomic E-state index is 12.0. The predicted molar refractivity (Wildman–Crippen MR) is 59.0 cm³/mol. The van der Waals surface area contributed by atoms with Gasteiger partial charge in [-0.3, -0.25) is 0 Å². The van der Waals surface area contributed by atoms with Gasteiger partial charge < -0.3 is 9.84 Å². The fraction of sp³-hybridized carbons (Fsp3) is 0.500. The summed E-state index contributed by atoms with van der Waals surface area (Å²) in [6, 6.07) is 5.05. The molecule has 0 unspecified atom stereocenters. The predicted octanol–water partition coefficient (Wildman–Crippen LogP) is 2.25. The molecule has 1 heterocycles. The summed E-state index contributed by atoms with van der Waals surface area (Å²) in [6.45, 7) is 0. The van der Waals surface area contributed by atoms with Gasteiger partial charge in [-0.15, -0.1) is 0 Å². The van der Waals surface area contributed by atoms with Gasteiger partial charge in [-0.25, -0.2) is 4.98 Å². The van der Waals surface area contributed by atoms with Crippen LogP contribution in [0.3, 0.4) is 0 Å². The van der Waals surface area contributed by atoms with Crippen LogP contribution in [0.5, 0.6) is 5.88 Å². The third kappa shape index (κ3) is 4.82. The maximum Gasteiger partial charge on any atom is 0.415 e. The number of rotatable bonds is 5. The zero-order valence-corrected chi connectivity index (χ0v) is 9.88. The molecule has 7 heteroatoms. The average Bonchev–Trinajstić information content (AvgIpc) is 2.28. The second-order valence-electron chi connectivity index (χ2n) is 3.24. The summed E-state index contributed by atoms with van der Waals surface area (Å²) in [7, 11) is 1.46. The van der Waals surface area contributed by atoms with E-state index < -0.39 is 18.0 Å². The summed E-state index contributed by atoms with van der Waals surface area (Å²) in [6.07, 6.45) is -6.85. The fourth-order valence-electron chi connectivity index (χ4n) is 1.02. The molecule has 0 aromatic carbocycles. The summed E-state index contributed by atoms with van der Waals surface area (Å²) in [5.41, 5.74) is 0.615. The number of hydrogen-bond donors (Lipinski definition) is 1. The van der Waals surface area contributed by atoms with E-state index in [2.05, 4.69) is 4.98 Å². The van der Waals surface area contributed by atoms with Gasteiger partial charge in [-0.05, 0) is 6.07 Å². The summed E-state index contributed by atoms with van der Waals surface area (Å²) < 4.78 is 40.9. The number of halogens is 3. The summed E-state index contributed by atoms with van der Waals surface area (Å²) in [5.74, 6) is 0.312. The molecule has 0 saturated heterocycles. The van der Waals surface area contributed by atoms with Gasteiger partial charge in [0.15, 0.2) is 6.10 Å². The van der Waals surface area contributed by atoms with Crippen LogP contribution in [0.1, 0.15) is 5.69 Å². The number of aromatic nitrogens is 1. The van der Waals surface area contributed by atoms with Gasteiger partial charge in [0.05, 0.1) is 12.8 Å². The van der Waals surface area contributed by atoms with E-state index in [9.17, 15) is 13.2 Å². The van der Waals surface area contributed by atoms with Crippen molar-refractivity contribution in [1.82, 2.24) is 4.98 Å². The Morgan fingerprint density at radius 3 is 2.76 bits per heavy atom. The molecule has 0 radical (unpaired) electrons. The molecule has 3 nitrogen and oxygen atoms in total. The van der Waals surface area contributed by atoms with E-state index in [-0.39, 0.29) is 0 Å². The van der Waals surface area contributed by atoms with Crippen LogP contribution < -0.4 is 4.74 Å². The Bertz CT molecular complexity index is 360. The lowest BCUT2D eigenvalue weighted by Gasteiger charge is -2.13. The topological polar surface area (TPSA) is 42.4 Å². The van der Waals surface area contributed by atoms with E-state index in [1.165, 1.54) is 7.11 Å². The highest BCUT2D eigenvalue weighted by atomic mass is 32.2. The molecule has 1 aromatic heterocycles. The molecule has 1 aromatic rings. The zero-order chi connectivity index (χ0) is 12.9. The van der Waals surface area contributed by atoms with Crippen molar-refractivity contribution in [2.75, 3.05) is 12.9 Å².